The minimum Gasteiger partial charge on any atom is -0.494 e. The first-order valence-corrected chi connectivity index (χ1v) is 11.2. The highest BCUT2D eigenvalue weighted by Gasteiger charge is 2.14. The van der Waals surface area contributed by atoms with E-state index in [1.54, 1.807) is 36.4 Å². The molecule has 0 radical (unpaired) electrons. The molecule has 2 rings (SSSR count). The number of carbonyl (C=O) groups is 2. The number of rotatable bonds is 11. The Hall–Kier alpha value is -2.62. The van der Waals surface area contributed by atoms with Gasteiger partial charge < -0.3 is 15.4 Å². The third-order valence-electron chi connectivity index (χ3n) is 3.93. The molecule has 0 heterocycles. The number of halogens is 1. The van der Waals surface area contributed by atoms with Crippen molar-refractivity contribution in [3.63, 3.8) is 0 Å². The number of nitrogens with one attached hydrogen (secondary N) is 3. The van der Waals surface area contributed by atoms with Crippen LogP contribution in [0.15, 0.2) is 53.4 Å². The van der Waals surface area contributed by atoms with Crippen molar-refractivity contribution in [3.8, 4) is 5.75 Å². The van der Waals surface area contributed by atoms with Crippen molar-refractivity contribution in [2.45, 2.75) is 18.2 Å². The van der Waals surface area contributed by atoms with E-state index in [2.05, 4.69) is 15.4 Å². The fraction of sp³-hybridized carbons (Fsp3) is 0.300. The maximum atomic E-state index is 12.2. The van der Waals surface area contributed by atoms with Crippen LogP contribution >= 0.6 is 11.6 Å². The molecule has 3 N–H and O–H groups in total. The first-order valence-electron chi connectivity index (χ1n) is 9.35. The van der Waals surface area contributed by atoms with E-state index in [9.17, 15) is 18.0 Å². The third kappa shape index (κ3) is 7.66. The van der Waals surface area contributed by atoms with Gasteiger partial charge in [-0.3, -0.25) is 9.59 Å². The molecular weight excluding hydrogens is 430 g/mol. The van der Waals surface area contributed by atoms with Crippen LogP contribution in [0.25, 0.3) is 0 Å². The normalized spacial score (nSPS) is 11.0. The number of hydrogen-bond acceptors (Lipinski definition) is 5. The van der Waals surface area contributed by atoms with Gasteiger partial charge in [-0.25, -0.2) is 13.1 Å². The first-order chi connectivity index (χ1) is 14.3. The Kier molecular flexibility index (Phi) is 9.10. The smallest absolute Gasteiger partial charge is 0.251 e. The van der Waals surface area contributed by atoms with Crippen LogP contribution in [0.2, 0.25) is 5.02 Å². The summed E-state index contributed by atoms with van der Waals surface area (Å²) in [5, 5.41) is 5.83. The van der Waals surface area contributed by atoms with E-state index < -0.39 is 10.0 Å². The molecule has 0 atom stereocenters. The summed E-state index contributed by atoms with van der Waals surface area (Å²) in [5.74, 6) is -0.0202. The summed E-state index contributed by atoms with van der Waals surface area (Å²) < 4.78 is 32.1. The Balaban J connectivity index is 1.66. The molecule has 0 aliphatic carbocycles. The predicted molar refractivity (Wildman–Crippen MR) is 114 cm³/mol. The lowest BCUT2D eigenvalue weighted by Crippen LogP contribution is -2.36. The second-order valence-electron chi connectivity index (χ2n) is 6.16. The Morgan fingerprint density at radius 1 is 0.933 bits per heavy atom. The topological polar surface area (TPSA) is 114 Å². The van der Waals surface area contributed by atoms with Crippen LogP contribution in [0.4, 0.5) is 0 Å². The van der Waals surface area contributed by atoms with Gasteiger partial charge in [0.05, 0.1) is 11.5 Å². The number of hydrogen-bond donors (Lipinski definition) is 3. The van der Waals surface area contributed by atoms with Crippen molar-refractivity contribution < 1.29 is 22.7 Å². The number of benzene rings is 2. The molecule has 0 saturated carbocycles. The van der Waals surface area contributed by atoms with E-state index in [1.165, 1.54) is 12.1 Å². The number of carbonyl (C=O) groups excluding carboxylic acids is 2. The van der Waals surface area contributed by atoms with Gasteiger partial charge in [0.15, 0.2) is 0 Å². The number of ether oxygens (including phenoxy) is 1. The third-order valence-corrected chi connectivity index (χ3v) is 5.66. The van der Waals surface area contributed by atoms with Gasteiger partial charge >= 0.3 is 0 Å². The van der Waals surface area contributed by atoms with E-state index in [0.717, 1.165) is 0 Å². The minimum absolute atomic E-state index is 0.0264. The van der Waals surface area contributed by atoms with E-state index in [0.29, 0.717) is 22.9 Å². The maximum Gasteiger partial charge on any atom is 0.251 e. The Morgan fingerprint density at radius 3 is 2.20 bits per heavy atom. The van der Waals surface area contributed by atoms with E-state index in [-0.39, 0.29) is 42.8 Å². The molecule has 0 aliphatic heterocycles. The van der Waals surface area contributed by atoms with Crippen LogP contribution in [0.1, 0.15) is 23.7 Å². The quantitative estimate of drug-likeness (QED) is 0.450. The molecule has 0 aromatic heterocycles. The largest absolute Gasteiger partial charge is 0.494 e. The van der Waals surface area contributed by atoms with Crippen molar-refractivity contribution in [1.82, 2.24) is 15.4 Å². The molecule has 0 spiro atoms. The summed E-state index contributed by atoms with van der Waals surface area (Å²) >= 11 is 5.77. The van der Waals surface area contributed by atoms with Gasteiger partial charge in [0.1, 0.15) is 5.75 Å². The summed E-state index contributed by atoms with van der Waals surface area (Å²) in [6.45, 7) is 2.75. The zero-order chi connectivity index (χ0) is 22.0. The predicted octanol–water partition coefficient (Wildman–Crippen LogP) is 1.95. The second kappa shape index (κ2) is 11.5. The zero-order valence-corrected chi connectivity index (χ0v) is 18.1. The lowest BCUT2D eigenvalue weighted by Gasteiger charge is -2.09. The van der Waals surface area contributed by atoms with Gasteiger partial charge in [0, 0.05) is 36.6 Å². The molecule has 2 amide bonds. The molecule has 0 fully saturated rings. The van der Waals surface area contributed by atoms with Gasteiger partial charge in [0.2, 0.25) is 15.9 Å². The van der Waals surface area contributed by atoms with Crippen molar-refractivity contribution >= 4 is 33.4 Å². The molecule has 0 aliphatic rings. The highest BCUT2D eigenvalue weighted by Crippen LogP contribution is 2.15. The maximum absolute atomic E-state index is 12.2. The van der Waals surface area contributed by atoms with Gasteiger partial charge in [-0.05, 0) is 55.5 Å². The molecule has 30 heavy (non-hydrogen) atoms. The SMILES string of the molecule is CCOc1ccc(S(=O)(=O)NCCC(=O)NCCNC(=O)c2ccc(Cl)cc2)cc1. The van der Waals surface area contributed by atoms with Crippen LogP contribution in [-0.2, 0) is 14.8 Å². The fourth-order valence-corrected chi connectivity index (χ4v) is 3.59. The summed E-state index contributed by atoms with van der Waals surface area (Å²) in [6, 6.07) is 12.5. The zero-order valence-electron chi connectivity index (χ0n) is 16.5. The van der Waals surface area contributed by atoms with Crippen LogP contribution in [0.5, 0.6) is 5.75 Å². The second-order valence-corrected chi connectivity index (χ2v) is 8.37. The van der Waals surface area contributed by atoms with Gasteiger partial charge in [-0.15, -0.1) is 0 Å². The molecule has 0 bridgehead atoms. The lowest BCUT2D eigenvalue weighted by molar-refractivity contribution is -0.120. The highest BCUT2D eigenvalue weighted by molar-refractivity contribution is 7.89. The summed E-state index contributed by atoms with van der Waals surface area (Å²) in [7, 11) is -3.71. The summed E-state index contributed by atoms with van der Waals surface area (Å²) in [4.78, 5) is 23.9. The van der Waals surface area contributed by atoms with Crippen LogP contribution in [0.3, 0.4) is 0 Å². The molecule has 162 valence electrons. The number of amides is 2. The van der Waals surface area contributed by atoms with Crippen LogP contribution in [-0.4, -0.2) is 46.5 Å². The molecule has 8 nitrogen and oxygen atoms in total. The molecular formula is C20H24ClN3O5S. The van der Waals surface area contributed by atoms with Gasteiger partial charge in [-0.2, -0.15) is 0 Å². The summed E-state index contributed by atoms with van der Waals surface area (Å²) in [6.07, 6.45) is -0.0264. The van der Waals surface area contributed by atoms with Crippen molar-refractivity contribution in [1.29, 1.82) is 0 Å². The standard InChI is InChI=1S/C20H24ClN3O5S/c1-2-29-17-7-9-18(10-8-17)30(27,28)24-12-11-19(25)22-13-14-23-20(26)15-3-5-16(21)6-4-15/h3-10,24H,2,11-14H2,1H3,(H,22,25)(H,23,26). The Labute approximate surface area is 181 Å². The van der Waals surface area contributed by atoms with E-state index in [4.69, 9.17) is 16.3 Å². The first kappa shape index (κ1) is 23.7. The van der Waals surface area contributed by atoms with Crippen molar-refractivity contribution in [2.24, 2.45) is 0 Å². The minimum atomic E-state index is -3.71. The Morgan fingerprint density at radius 2 is 1.57 bits per heavy atom. The average Bonchev–Trinajstić information content (AvgIpc) is 2.72. The van der Waals surface area contributed by atoms with Gasteiger partial charge in [0.25, 0.3) is 5.91 Å². The van der Waals surface area contributed by atoms with E-state index in [1.807, 2.05) is 6.92 Å². The van der Waals surface area contributed by atoms with Crippen molar-refractivity contribution in [2.75, 3.05) is 26.2 Å². The molecule has 10 heteroatoms. The van der Waals surface area contributed by atoms with Crippen LogP contribution < -0.4 is 20.1 Å². The fourth-order valence-electron chi connectivity index (χ4n) is 2.43. The molecule has 2 aromatic rings. The molecule has 0 unspecified atom stereocenters. The highest BCUT2D eigenvalue weighted by atomic mass is 35.5. The van der Waals surface area contributed by atoms with Crippen LogP contribution in [0, 0.1) is 0 Å². The monoisotopic (exact) mass is 453 g/mol. The van der Waals surface area contributed by atoms with Gasteiger partial charge in [-0.1, -0.05) is 11.6 Å². The Bertz CT molecular complexity index is 947. The lowest BCUT2D eigenvalue weighted by atomic mass is 10.2. The summed E-state index contributed by atoms with van der Waals surface area (Å²) in [5.41, 5.74) is 0.467. The van der Waals surface area contributed by atoms with Crippen molar-refractivity contribution in [3.05, 3.63) is 59.1 Å². The molecule has 2 aromatic carbocycles. The number of sulfonamides is 1. The average molecular weight is 454 g/mol. The van der Waals surface area contributed by atoms with E-state index >= 15 is 0 Å². The molecule has 0 saturated heterocycles.